The first-order valence-electron chi connectivity index (χ1n) is 6.82. The molecule has 8 heteroatoms. The highest BCUT2D eigenvalue weighted by atomic mass is 79.9. The number of fused-ring (bicyclic) bond motifs is 2. The maximum absolute atomic E-state index is 11.1. The Morgan fingerprint density at radius 2 is 2.27 bits per heavy atom. The van der Waals surface area contributed by atoms with Crippen LogP contribution in [0.25, 0.3) is 0 Å². The zero-order valence-corrected chi connectivity index (χ0v) is 13.9. The number of nitrogens with zero attached hydrogens (tertiary/aromatic N) is 2. The van der Waals surface area contributed by atoms with Crippen molar-refractivity contribution in [2.75, 3.05) is 26.2 Å². The molecule has 0 saturated carbocycles. The van der Waals surface area contributed by atoms with Crippen LogP contribution in [0, 0.1) is 0 Å². The fraction of sp³-hybridized carbons (Fsp3) is 0.429. The molecule has 1 amide bonds. The Kier molecular flexibility index (Phi) is 4.29. The molecule has 1 aromatic rings. The van der Waals surface area contributed by atoms with Crippen LogP contribution >= 0.6 is 27.5 Å². The van der Waals surface area contributed by atoms with Crippen LogP contribution in [0.15, 0.2) is 10.5 Å². The number of hydrogen-bond donors (Lipinski definition) is 1. The normalized spacial score (nSPS) is 21.4. The van der Waals surface area contributed by atoms with E-state index in [9.17, 15) is 9.59 Å². The molecule has 118 valence electrons. The third-order valence-corrected chi connectivity index (χ3v) is 5.51. The summed E-state index contributed by atoms with van der Waals surface area (Å²) in [6.45, 7) is 2.45. The predicted molar refractivity (Wildman–Crippen MR) is 83.8 cm³/mol. The number of amides is 1. The van der Waals surface area contributed by atoms with Crippen molar-refractivity contribution < 1.29 is 19.4 Å². The minimum absolute atomic E-state index is 0.0215. The minimum Gasteiger partial charge on any atom is -0.490 e. The molecule has 2 aliphatic rings. The first-order valence-corrected chi connectivity index (χ1v) is 7.99. The Balaban J connectivity index is 1.91. The van der Waals surface area contributed by atoms with Crippen molar-refractivity contribution >= 4 is 39.9 Å². The van der Waals surface area contributed by atoms with Crippen LogP contribution in [0.4, 0.5) is 4.79 Å². The lowest BCUT2D eigenvalue weighted by atomic mass is 10.1. The van der Waals surface area contributed by atoms with Gasteiger partial charge >= 0.3 is 6.09 Å². The summed E-state index contributed by atoms with van der Waals surface area (Å²) in [7, 11) is 0. The van der Waals surface area contributed by atoms with Crippen LogP contribution in [0.3, 0.4) is 0 Å². The molecule has 1 fully saturated rings. The highest BCUT2D eigenvalue weighted by Gasteiger charge is 2.33. The molecule has 0 aromatic heterocycles. The van der Waals surface area contributed by atoms with Gasteiger partial charge in [0.2, 0.25) is 0 Å². The van der Waals surface area contributed by atoms with E-state index in [4.69, 9.17) is 21.4 Å². The van der Waals surface area contributed by atoms with Crippen molar-refractivity contribution in [3.63, 3.8) is 0 Å². The molecular formula is C14H14BrClN2O4. The van der Waals surface area contributed by atoms with E-state index in [2.05, 4.69) is 20.8 Å². The largest absolute Gasteiger partial charge is 0.490 e. The van der Waals surface area contributed by atoms with Crippen molar-refractivity contribution in [1.82, 2.24) is 9.80 Å². The molecule has 0 unspecified atom stereocenters. The maximum Gasteiger partial charge on any atom is 0.407 e. The van der Waals surface area contributed by atoms with Gasteiger partial charge in [0.1, 0.15) is 12.4 Å². The van der Waals surface area contributed by atoms with E-state index < -0.39 is 6.09 Å². The van der Waals surface area contributed by atoms with E-state index in [1.54, 1.807) is 6.07 Å². The second-order valence-electron chi connectivity index (χ2n) is 5.36. The van der Waals surface area contributed by atoms with Crippen LogP contribution in [-0.4, -0.2) is 59.6 Å². The van der Waals surface area contributed by atoms with Gasteiger partial charge in [0, 0.05) is 37.3 Å². The summed E-state index contributed by atoms with van der Waals surface area (Å²) in [5.41, 5.74) is 1.33. The van der Waals surface area contributed by atoms with E-state index in [0.29, 0.717) is 53.6 Å². The van der Waals surface area contributed by atoms with Gasteiger partial charge < -0.3 is 14.7 Å². The monoisotopic (exact) mass is 388 g/mol. The summed E-state index contributed by atoms with van der Waals surface area (Å²) in [6.07, 6.45) is -0.161. The fourth-order valence-corrected chi connectivity index (χ4v) is 3.55. The summed E-state index contributed by atoms with van der Waals surface area (Å²) < 4.78 is 6.34. The number of carboxylic acid groups (broad SMARTS) is 1. The smallest absolute Gasteiger partial charge is 0.407 e. The number of aldehydes is 1. The third-order valence-electron chi connectivity index (χ3n) is 4.06. The Hall–Kier alpha value is -1.31. The predicted octanol–water partition coefficient (Wildman–Crippen LogP) is 2.47. The van der Waals surface area contributed by atoms with E-state index in [1.165, 1.54) is 4.90 Å². The van der Waals surface area contributed by atoms with Crippen molar-refractivity contribution in [3.05, 3.63) is 26.7 Å². The summed E-state index contributed by atoms with van der Waals surface area (Å²) in [5.74, 6) is 0.565. The zero-order chi connectivity index (χ0) is 15.9. The molecule has 0 radical (unpaired) electrons. The maximum atomic E-state index is 11.1. The minimum atomic E-state index is -0.912. The van der Waals surface area contributed by atoms with Crippen LogP contribution in [-0.2, 0) is 6.54 Å². The molecule has 1 atom stereocenters. The molecule has 1 saturated heterocycles. The molecule has 22 heavy (non-hydrogen) atoms. The standard InChI is InChI=1S/C14H14BrClN2O4/c15-11-9(6-19)3-8-4-17-1-2-18(14(20)21)5-10(17)7-22-13(8)12(11)16/h3,6,10H,1-2,4-5,7H2,(H,20,21)/t10-/m1/s1. The second-order valence-corrected chi connectivity index (χ2v) is 6.53. The van der Waals surface area contributed by atoms with Gasteiger partial charge in [-0.3, -0.25) is 9.69 Å². The molecule has 6 nitrogen and oxygen atoms in total. The Bertz CT molecular complexity index is 640. The topological polar surface area (TPSA) is 70.1 Å². The number of piperazine rings is 1. The zero-order valence-electron chi connectivity index (χ0n) is 11.6. The van der Waals surface area contributed by atoms with Crippen molar-refractivity contribution in [1.29, 1.82) is 0 Å². The van der Waals surface area contributed by atoms with E-state index in [-0.39, 0.29) is 6.04 Å². The summed E-state index contributed by atoms with van der Waals surface area (Å²) >= 11 is 9.60. The quantitative estimate of drug-likeness (QED) is 0.747. The Morgan fingerprint density at radius 1 is 1.50 bits per heavy atom. The second kappa shape index (κ2) is 6.06. The fourth-order valence-electron chi connectivity index (χ4n) is 2.87. The molecule has 2 heterocycles. The van der Waals surface area contributed by atoms with Gasteiger partial charge in [0.15, 0.2) is 6.29 Å². The first-order chi connectivity index (χ1) is 10.5. The lowest BCUT2D eigenvalue weighted by Gasteiger charge is -2.38. The molecule has 1 N–H and O–H groups in total. The lowest BCUT2D eigenvalue weighted by molar-refractivity contribution is 0.0503. The highest BCUT2D eigenvalue weighted by molar-refractivity contribution is 9.10. The van der Waals surface area contributed by atoms with E-state index in [1.807, 2.05) is 0 Å². The SMILES string of the molecule is O=Cc1cc2c(c(Cl)c1Br)OC[C@H]1CN(C(=O)O)CCN1C2. The van der Waals surface area contributed by atoms with Gasteiger partial charge in [-0.25, -0.2) is 4.79 Å². The number of rotatable bonds is 1. The molecule has 0 spiro atoms. The lowest BCUT2D eigenvalue weighted by Crippen LogP contribution is -2.55. The number of carbonyl (C=O) groups is 2. The van der Waals surface area contributed by atoms with Gasteiger partial charge in [-0.05, 0) is 22.0 Å². The van der Waals surface area contributed by atoms with Gasteiger partial charge in [-0.15, -0.1) is 0 Å². The van der Waals surface area contributed by atoms with Crippen LogP contribution in [0.5, 0.6) is 5.75 Å². The van der Waals surface area contributed by atoms with Crippen LogP contribution in [0.1, 0.15) is 15.9 Å². The van der Waals surface area contributed by atoms with Gasteiger partial charge in [-0.1, -0.05) is 11.6 Å². The van der Waals surface area contributed by atoms with Gasteiger partial charge in [0.05, 0.1) is 15.5 Å². The average molecular weight is 390 g/mol. The Labute approximate surface area is 140 Å². The van der Waals surface area contributed by atoms with Crippen molar-refractivity contribution in [2.24, 2.45) is 0 Å². The molecule has 0 aliphatic carbocycles. The summed E-state index contributed by atoms with van der Waals surface area (Å²) in [4.78, 5) is 25.8. The summed E-state index contributed by atoms with van der Waals surface area (Å²) in [6, 6.07) is 1.75. The molecule has 0 bridgehead atoms. The number of hydrogen-bond acceptors (Lipinski definition) is 4. The number of ether oxygens (including phenoxy) is 1. The van der Waals surface area contributed by atoms with Crippen molar-refractivity contribution in [3.8, 4) is 5.75 Å². The van der Waals surface area contributed by atoms with Gasteiger partial charge in [-0.2, -0.15) is 0 Å². The van der Waals surface area contributed by atoms with Crippen LogP contribution < -0.4 is 4.74 Å². The van der Waals surface area contributed by atoms with E-state index in [0.717, 1.165) is 11.8 Å². The third kappa shape index (κ3) is 2.68. The van der Waals surface area contributed by atoms with Crippen molar-refractivity contribution in [2.45, 2.75) is 12.6 Å². The molecule has 3 rings (SSSR count). The average Bonchev–Trinajstić information content (AvgIpc) is 2.69. The highest BCUT2D eigenvalue weighted by Crippen LogP contribution is 2.40. The number of halogens is 2. The first kappa shape index (κ1) is 15.6. The van der Waals surface area contributed by atoms with Gasteiger partial charge in [0.25, 0.3) is 0 Å². The summed E-state index contributed by atoms with van der Waals surface area (Å²) in [5, 5.41) is 9.51. The van der Waals surface area contributed by atoms with E-state index >= 15 is 0 Å². The van der Waals surface area contributed by atoms with Crippen LogP contribution in [0.2, 0.25) is 5.02 Å². The number of benzene rings is 1. The molecular weight excluding hydrogens is 376 g/mol. The molecule has 2 aliphatic heterocycles. The molecule has 1 aromatic carbocycles. The number of carbonyl (C=O) groups excluding carboxylic acids is 1. The Morgan fingerprint density at radius 3 is 2.95 bits per heavy atom.